The third-order valence-electron chi connectivity index (χ3n) is 0.788. The minimum atomic E-state index is -0.250. The molecular weight excluding hydrogens is 124 g/mol. The van der Waals surface area contributed by atoms with Crippen molar-refractivity contribution in [1.29, 1.82) is 0 Å². The fourth-order valence-electron chi connectivity index (χ4n) is 0.475. The van der Waals surface area contributed by atoms with Crippen LogP contribution in [0.2, 0.25) is 0 Å². The molecule has 0 aliphatic carbocycles. The average molecular weight is 132 g/mol. The second kappa shape index (κ2) is 5.08. The van der Waals surface area contributed by atoms with Gasteiger partial charge in [0.2, 0.25) is 0 Å². The van der Waals surface area contributed by atoms with E-state index in [0.717, 1.165) is 6.42 Å². The van der Waals surface area contributed by atoms with Gasteiger partial charge in [-0.2, -0.15) is 0 Å². The van der Waals surface area contributed by atoms with Crippen molar-refractivity contribution in [3.8, 4) is 0 Å². The molecule has 4 heteroatoms. The molecule has 1 N–H and O–H groups in total. The molecule has 52 valence electrons. The number of carboxylic acid groups (broad SMARTS) is 1. The van der Waals surface area contributed by atoms with Crippen LogP contribution in [-0.2, 0) is 14.3 Å². The summed E-state index contributed by atoms with van der Waals surface area (Å²) in [5.74, 6) is -0.0463. The molecule has 0 aromatic rings. The van der Waals surface area contributed by atoms with E-state index in [1.807, 2.05) is 0 Å². The number of hydrogen-bond acceptors (Lipinski definition) is 3. The van der Waals surface area contributed by atoms with Crippen molar-refractivity contribution >= 4 is 12.4 Å². The normalized spacial score (nSPS) is 15.3. The van der Waals surface area contributed by atoms with Crippen LogP contribution in [0.5, 0.6) is 0 Å². The van der Waals surface area contributed by atoms with Gasteiger partial charge >= 0.3 is 5.97 Å². The largest absolute Gasteiger partial charge is 0.483 e. The lowest BCUT2D eigenvalue weighted by Gasteiger charge is -1.81. The summed E-state index contributed by atoms with van der Waals surface area (Å²) in [4.78, 5) is 18.4. The van der Waals surface area contributed by atoms with Gasteiger partial charge in [-0.1, -0.05) is 0 Å². The van der Waals surface area contributed by atoms with Crippen LogP contribution in [0.1, 0.15) is 12.8 Å². The summed E-state index contributed by atoms with van der Waals surface area (Å²) >= 11 is 0. The quantitative estimate of drug-likeness (QED) is 0.373. The van der Waals surface area contributed by atoms with Gasteiger partial charge in [-0.3, -0.25) is 9.59 Å². The van der Waals surface area contributed by atoms with E-state index in [2.05, 4.69) is 4.74 Å². The van der Waals surface area contributed by atoms with E-state index >= 15 is 0 Å². The molecule has 0 radical (unpaired) electrons. The average Bonchev–Trinajstić information content (AvgIpc) is 2.20. The molecule has 9 heavy (non-hydrogen) atoms. The first-order chi connectivity index (χ1) is 4.31. The van der Waals surface area contributed by atoms with Crippen molar-refractivity contribution in [3.05, 3.63) is 0 Å². The first-order valence-electron chi connectivity index (χ1n) is 2.54. The maximum atomic E-state index is 10.0. The predicted octanol–water partition coefficient (Wildman–Crippen LogP) is 0.0242. The number of cyclic esters (lactones) is 1. The van der Waals surface area contributed by atoms with Gasteiger partial charge in [0.25, 0.3) is 6.47 Å². The van der Waals surface area contributed by atoms with Gasteiger partial charge in [0, 0.05) is 6.42 Å². The first kappa shape index (κ1) is 7.94. The molecule has 0 bridgehead atoms. The highest BCUT2D eigenvalue weighted by Gasteiger charge is 2.08. The number of carbonyl (C=O) groups excluding carboxylic acids is 1. The van der Waals surface area contributed by atoms with Gasteiger partial charge in [0.1, 0.15) is 0 Å². The summed E-state index contributed by atoms with van der Waals surface area (Å²) in [6.07, 6.45) is 1.54. The Bertz CT molecular complexity index is 91.1. The molecule has 0 amide bonds. The number of hydrogen-bond donors (Lipinski definition) is 1. The highest BCUT2D eigenvalue weighted by atomic mass is 16.5. The van der Waals surface area contributed by atoms with Crippen LogP contribution in [0.15, 0.2) is 0 Å². The Balaban J connectivity index is 0.000000187. The SMILES string of the molecule is O=C1CCCO1.O=CO. The molecule has 0 saturated carbocycles. The Morgan fingerprint density at radius 2 is 2.22 bits per heavy atom. The third kappa shape index (κ3) is 4.80. The molecule has 1 fully saturated rings. The van der Waals surface area contributed by atoms with Crippen molar-refractivity contribution in [1.82, 2.24) is 0 Å². The maximum absolute atomic E-state index is 10.0. The highest BCUT2D eigenvalue weighted by molar-refractivity contribution is 5.70. The number of carbonyl (C=O) groups is 2. The minimum Gasteiger partial charge on any atom is -0.483 e. The summed E-state index contributed by atoms with van der Waals surface area (Å²) in [7, 11) is 0. The first-order valence-corrected chi connectivity index (χ1v) is 2.54. The second-order valence-electron chi connectivity index (χ2n) is 1.43. The van der Waals surface area contributed by atoms with E-state index in [4.69, 9.17) is 9.90 Å². The van der Waals surface area contributed by atoms with Crippen LogP contribution in [0.25, 0.3) is 0 Å². The van der Waals surface area contributed by atoms with Gasteiger partial charge in [0.15, 0.2) is 0 Å². The monoisotopic (exact) mass is 132 g/mol. The summed E-state index contributed by atoms with van der Waals surface area (Å²) in [6, 6.07) is 0. The molecule has 0 unspecified atom stereocenters. The van der Waals surface area contributed by atoms with E-state index in [0.29, 0.717) is 13.0 Å². The molecule has 4 nitrogen and oxygen atoms in total. The zero-order chi connectivity index (χ0) is 7.11. The standard InChI is InChI=1S/C4H6O2.CH2O2/c5-4-2-1-3-6-4;2-1-3/h1-3H2;1H,(H,2,3). The van der Waals surface area contributed by atoms with Crippen molar-refractivity contribution in [2.45, 2.75) is 12.8 Å². The Morgan fingerprint density at radius 1 is 1.67 bits per heavy atom. The molecule has 0 atom stereocenters. The Labute approximate surface area is 52.4 Å². The van der Waals surface area contributed by atoms with Gasteiger partial charge < -0.3 is 9.84 Å². The van der Waals surface area contributed by atoms with Crippen LogP contribution in [-0.4, -0.2) is 24.2 Å². The zero-order valence-electron chi connectivity index (χ0n) is 4.87. The van der Waals surface area contributed by atoms with Gasteiger partial charge in [-0.05, 0) is 6.42 Å². The summed E-state index contributed by atoms with van der Waals surface area (Å²) in [5.41, 5.74) is 0. The lowest BCUT2D eigenvalue weighted by molar-refractivity contribution is -0.138. The van der Waals surface area contributed by atoms with E-state index in [1.165, 1.54) is 0 Å². The van der Waals surface area contributed by atoms with Crippen molar-refractivity contribution in [3.63, 3.8) is 0 Å². The summed E-state index contributed by atoms with van der Waals surface area (Å²) < 4.78 is 4.51. The maximum Gasteiger partial charge on any atom is 0.305 e. The van der Waals surface area contributed by atoms with Crippen LogP contribution < -0.4 is 0 Å². The van der Waals surface area contributed by atoms with E-state index in [1.54, 1.807) is 0 Å². The smallest absolute Gasteiger partial charge is 0.305 e. The lowest BCUT2D eigenvalue weighted by atomic mass is 10.4. The molecular formula is C5H8O4. The Morgan fingerprint density at radius 3 is 2.33 bits per heavy atom. The van der Waals surface area contributed by atoms with Gasteiger partial charge in [0.05, 0.1) is 6.61 Å². The minimum absolute atomic E-state index is 0.0463. The lowest BCUT2D eigenvalue weighted by Crippen LogP contribution is -1.88. The third-order valence-corrected chi connectivity index (χ3v) is 0.788. The fourth-order valence-corrected chi connectivity index (χ4v) is 0.475. The van der Waals surface area contributed by atoms with Crippen LogP contribution in [0.3, 0.4) is 0 Å². The van der Waals surface area contributed by atoms with Crippen LogP contribution in [0, 0.1) is 0 Å². The van der Waals surface area contributed by atoms with E-state index in [9.17, 15) is 4.79 Å². The summed E-state index contributed by atoms with van der Waals surface area (Å²) in [6.45, 7) is 0.388. The number of rotatable bonds is 0. The van der Waals surface area contributed by atoms with Crippen molar-refractivity contribution < 1.29 is 19.4 Å². The molecule has 0 spiro atoms. The molecule has 1 saturated heterocycles. The van der Waals surface area contributed by atoms with Crippen molar-refractivity contribution in [2.24, 2.45) is 0 Å². The topological polar surface area (TPSA) is 63.6 Å². The van der Waals surface area contributed by atoms with Gasteiger partial charge in [-0.15, -0.1) is 0 Å². The molecule has 1 rings (SSSR count). The zero-order valence-corrected chi connectivity index (χ0v) is 4.87. The highest BCUT2D eigenvalue weighted by Crippen LogP contribution is 2.01. The predicted molar refractivity (Wildman–Crippen MR) is 28.9 cm³/mol. The number of ether oxygens (including phenoxy) is 1. The van der Waals surface area contributed by atoms with E-state index < -0.39 is 0 Å². The number of esters is 1. The van der Waals surface area contributed by atoms with Crippen LogP contribution >= 0.6 is 0 Å². The summed E-state index contributed by atoms with van der Waals surface area (Å²) in [5, 5.41) is 6.89. The molecule has 1 heterocycles. The molecule has 0 aromatic carbocycles. The molecule has 1 aliphatic rings. The molecule has 1 aliphatic heterocycles. The van der Waals surface area contributed by atoms with Gasteiger partial charge in [-0.25, -0.2) is 0 Å². The van der Waals surface area contributed by atoms with Crippen molar-refractivity contribution in [2.75, 3.05) is 6.61 Å². The Kier molecular flexibility index (Phi) is 4.49. The second-order valence-corrected chi connectivity index (χ2v) is 1.43. The Hall–Kier alpha value is -1.06. The van der Waals surface area contributed by atoms with Crippen LogP contribution in [0.4, 0.5) is 0 Å². The fraction of sp³-hybridized carbons (Fsp3) is 0.600. The molecule has 0 aromatic heterocycles. The van der Waals surface area contributed by atoms with E-state index in [-0.39, 0.29) is 12.4 Å².